The van der Waals surface area contributed by atoms with E-state index >= 15 is 0 Å². The lowest BCUT2D eigenvalue weighted by Crippen LogP contribution is -2.36. The molecule has 4 nitrogen and oxygen atoms in total. The highest BCUT2D eigenvalue weighted by molar-refractivity contribution is 8.26. The van der Waals surface area contributed by atoms with Gasteiger partial charge >= 0.3 is 6.18 Å². The molecule has 154 valence electrons. The topological polar surface area (TPSA) is 49.4 Å². The molecule has 0 radical (unpaired) electrons. The number of amides is 2. The first-order valence-electron chi connectivity index (χ1n) is 8.69. The Morgan fingerprint density at radius 3 is 2.47 bits per heavy atom. The van der Waals surface area contributed by atoms with Crippen molar-refractivity contribution in [2.75, 3.05) is 11.9 Å². The van der Waals surface area contributed by atoms with Crippen molar-refractivity contribution < 1.29 is 22.8 Å². The van der Waals surface area contributed by atoms with Gasteiger partial charge in [0.25, 0.3) is 5.91 Å². The zero-order valence-corrected chi connectivity index (χ0v) is 17.0. The van der Waals surface area contributed by atoms with E-state index in [0.29, 0.717) is 4.91 Å². The molecule has 30 heavy (non-hydrogen) atoms. The van der Waals surface area contributed by atoms with Gasteiger partial charge in [-0.3, -0.25) is 14.5 Å². The Bertz CT molecular complexity index is 1030. The van der Waals surface area contributed by atoms with Gasteiger partial charge in [-0.2, -0.15) is 13.2 Å². The summed E-state index contributed by atoms with van der Waals surface area (Å²) in [5, 5.41) is 2.21. The highest BCUT2D eigenvalue weighted by Crippen LogP contribution is 2.35. The molecular weight excluding hydrogens is 433 g/mol. The van der Waals surface area contributed by atoms with Crippen molar-refractivity contribution in [1.82, 2.24) is 4.90 Å². The average Bonchev–Trinajstić information content (AvgIpc) is 2.96. The molecule has 0 aliphatic carbocycles. The summed E-state index contributed by atoms with van der Waals surface area (Å²) < 4.78 is 39.4. The van der Waals surface area contributed by atoms with Gasteiger partial charge in [0.15, 0.2) is 0 Å². The van der Waals surface area contributed by atoms with Crippen molar-refractivity contribution in [2.24, 2.45) is 0 Å². The van der Waals surface area contributed by atoms with Crippen LogP contribution < -0.4 is 5.32 Å². The molecule has 2 aromatic carbocycles. The van der Waals surface area contributed by atoms with E-state index < -0.39 is 30.1 Å². The molecule has 0 unspecified atom stereocenters. The lowest BCUT2D eigenvalue weighted by molar-refractivity contribution is -0.137. The van der Waals surface area contributed by atoms with E-state index in [1.807, 2.05) is 36.4 Å². The van der Waals surface area contributed by atoms with E-state index in [4.69, 9.17) is 12.2 Å². The standard InChI is InChI=1S/C21H15F3N2O2S2/c22-21(23,24)15-10-4-5-11-16(15)25-18(27)13-26-19(28)17(30-20(26)29)12-6-9-14-7-2-1-3-8-14/h1-12H,13H2,(H,25,27)/b9-6+,17-12+. The Balaban J connectivity index is 1.67. The van der Waals surface area contributed by atoms with Gasteiger partial charge < -0.3 is 5.32 Å². The zero-order valence-electron chi connectivity index (χ0n) is 15.3. The van der Waals surface area contributed by atoms with Crippen LogP contribution in [0.5, 0.6) is 0 Å². The molecule has 2 amide bonds. The molecule has 3 rings (SSSR count). The highest BCUT2D eigenvalue weighted by atomic mass is 32.2. The van der Waals surface area contributed by atoms with Crippen molar-refractivity contribution in [3.05, 3.63) is 82.8 Å². The Kier molecular flexibility index (Phi) is 6.73. The molecule has 0 aromatic heterocycles. The fraction of sp³-hybridized carbons (Fsp3) is 0.0952. The summed E-state index contributed by atoms with van der Waals surface area (Å²) in [5.74, 6) is -1.24. The van der Waals surface area contributed by atoms with Gasteiger partial charge in [0, 0.05) is 0 Å². The normalized spacial score (nSPS) is 16.0. The summed E-state index contributed by atoms with van der Waals surface area (Å²) >= 11 is 6.18. The summed E-state index contributed by atoms with van der Waals surface area (Å²) in [6.07, 6.45) is 0.483. The third kappa shape index (κ3) is 5.37. The number of nitrogens with one attached hydrogen (secondary N) is 1. The maximum atomic E-state index is 13.1. The van der Waals surface area contributed by atoms with Crippen LogP contribution in [0.1, 0.15) is 11.1 Å². The number of allylic oxidation sites excluding steroid dienone is 2. The quantitative estimate of drug-likeness (QED) is 0.511. The number of alkyl halides is 3. The SMILES string of the molecule is O=C(CN1C(=O)/C(=C\C=C\c2ccccc2)SC1=S)Nc1ccccc1C(F)(F)F. The van der Waals surface area contributed by atoms with Crippen molar-refractivity contribution in [3.8, 4) is 0 Å². The van der Waals surface area contributed by atoms with Gasteiger partial charge in [-0.15, -0.1) is 0 Å². The Morgan fingerprint density at radius 2 is 1.77 bits per heavy atom. The first-order chi connectivity index (χ1) is 14.3. The van der Waals surface area contributed by atoms with Crippen LogP contribution in [0.2, 0.25) is 0 Å². The van der Waals surface area contributed by atoms with Gasteiger partial charge in [0.2, 0.25) is 5.91 Å². The van der Waals surface area contributed by atoms with Gasteiger partial charge in [-0.1, -0.05) is 78.6 Å². The van der Waals surface area contributed by atoms with Gasteiger partial charge in [0.05, 0.1) is 16.2 Å². The third-order valence-corrected chi connectivity index (χ3v) is 5.41. The number of thiocarbonyl (C=S) groups is 1. The predicted octanol–water partition coefficient (Wildman–Crippen LogP) is 5.10. The third-order valence-electron chi connectivity index (χ3n) is 4.02. The summed E-state index contributed by atoms with van der Waals surface area (Å²) in [4.78, 5) is 26.2. The summed E-state index contributed by atoms with van der Waals surface area (Å²) in [6, 6.07) is 14.1. The van der Waals surface area contributed by atoms with Crippen LogP contribution in [0.15, 0.2) is 71.7 Å². The molecule has 9 heteroatoms. The van der Waals surface area contributed by atoms with Crippen molar-refractivity contribution in [1.29, 1.82) is 0 Å². The molecule has 0 atom stereocenters. The maximum absolute atomic E-state index is 13.1. The van der Waals surface area contributed by atoms with Crippen LogP contribution in [0.4, 0.5) is 18.9 Å². The number of halogens is 3. The number of hydrogen-bond donors (Lipinski definition) is 1. The number of nitrogens with zero attached hydrogens (tertiary/aromatic N) is 1. The molecule has 0 saturated carbocycles. The van der Waals surface area contributed by atoms with Crippen LogP contribution in [0.3, 0.4) is 0 Å². The fourth-order valence-corrected chi connectivity index (χ4v) is 3.84. The zero-order chi connectivity index (χ0) is 21.7. The number of benzene rings is 2. The lowest BCUT2D eigenvalue weighted by atomic mass is 10.1. The second kappa shape index (κ2) is 9.27. The van der Waals surface area contributed by atoms with E-state index in [9.17, 15) is 22.8 Å². The molecular formula is C21H15F3N2O2S2. The molecule has 0 bridgehead atoms. The second-order valence-electron chi connectivity index (χ2n) is 6.15. The lowest BCUT2D eigenvalue weighted by Gasteiger charge is -2.16. The summed E-state index contributed by atoms with van der Waals surface area (Å²) in [6.45, 7) is -0.476. The molecule has 1 fully saturated rings. The monoisotopic (exact) mass is 448 g/mol. The van der Waals surface area contributed by atoms with E-state index in [2.05, 4.69) is 5.32 Å². The number of anilines is 1. The van der Waals surface area contributed by atoms with Crippen molar-refractivity contribution >= 4 is 51.9 Å². The number of carbonyl (C=O) groups is 2. The smallest absolute Gasteiger partial charge is 0.324 e. The van der Waals surface area contributed by atoms with Crippen LogP contribution in [-0.2, 0) is 15.8 Å². The summed E-state index contributed by atoms with van der Waals surface area (Å²) in [7, 11) is 0. The Labute approximate surface area is 180 Å². The molecule has 1 aliphatic rings. The first-order valence-corrected chi connectivity index (χ1v) is 9.91. The Hall–Kier alpha value is -2.91. The van der Waals surface area contributed by atoms with E-state index in [1.165, 1.54) is 12.1 Å². The fourth-order valence-electron chi connectivity index (χ4n) is 2.63. The minimum atomic E-state index is -4.61. The van der Waals surface area contributed by atoms with Gasteiger partial charge in [-0.25, -0.2) is 0 Å². The highest BCUT2D eigenvalue weighted by Gasteiger charge is 2.35. The molecule has 1 aliphatic heterocycles. The van der Waals surface area contributed by atoms with Crippen LogP contribution in [0.25, 0.3) is 6.08 Å². The number of carbonyl (C=O) groups excluding carboxylic acids is 2. The molecule has 2 aromatic rings. The minimum Gasteiger partial charge on any atom is -0.324 e. The average molecular weight is 448 g/mol. The maximum Gasteiger partial charge on any atom is 0.418 e. The Morgan fingerprint density at radius 1 is 1.10 bits per heavy atom. The molecule has 1 saturated heterocycles. The largest absolute Gasteiger partial charge is 0.418 e. The second-order valence-corrected chi connectivity index (χ2v) is 7.83. The number of thioether (sulfide) groups is 1. The van der Waals surface area contributed by atoms with Gasteiger partial charge in [-0.05, 0) is 23.8 Å². The summed E-state index contributed by atoms with van der Waals surface area (Å²) in [5.41, 5.74) is -0.386. The number of rotatable bonds is 5. The van der Waals surface area contributed by atoms with E-state index in [1.54, 1.807) is 12.2 Å². The molecule has 1 N–H and O–H groups in total. The van der Waals surface area contributed by atoms with Gasteiger partial charge in [0.1, 0.15) is 10.9 Å². The van der Waals surface area contributed by atoms with Crippen LogP contribution >= 0.6 is 24.0 Å². The minimum absolute atomic E-state index is 0.165. The van der Waals surface area contributed by atoms with Crippen LogP contribution in [0, 0.1) is 0 Å². The van der Waals surface area contributed by atoms with Crippen molar-refractivity contribution in [3.63, 3.8) is 0 Å². The van der Waals surface area contributed by atoms with Crippen molar-refractivity contribution in [2.45, 2.75) is 6.18 Å². The predicted molar refractivity (Wildman–Crippen MR) is 116 cm³/mol. The molecule has 0 spiro atoms. The number of hydrogen-bond acceptors (Lipinski definition) is 4. The first kappa shape index (κ1) is 21.8. The van der Waals surface area contributed by atoms with E-state index in [0.717, 1.165) is 34.4 Å². The van der Waals surface area contributed by atoms with E-state index in [-0.39, 0.29) is 10.0 Å². The molecule has 1 heterocycles. The van der Waals surface area contributed by atoms with Crippen LogP contribution in [-0.4, -0.2) is 27.6 Å². The number of para-hydroxylation sites is 1.